The molecule has 0 aliphatic carbocycles. The van der Waals surface area contributed by atoms with Gasteiger partial charge in [0.25, 0.3) is 0 Å². The third kappa shape index (κ3) is 3.94. The van der Waals surface area contributed by atoms with E-state index >= 15 is 0 Å². The van der Waals surface area contributed by atoms with Crippen molar-refractivity contribution in [2.24, 2.45) is 5.92 Å². The fourth-order valence-corrected chi connectivity index (χ4v) is 2.07. The zero-order chi connectivity index (χ0) is 14.4. The molecule has 0 aliphatic heterocycles. The van der Waals surface area contributed by atoms with Crippen molar-refractivity contribution in [1.29, 1.82) is 0 Å². The molecule has 1 aromatic carbocycles. The third-order valence-electron chi connectivity index (χ3n) is 3.05. The van der Waals surface area contributed by atoms with E-state index in [0.29, 0.717) is 12.5 Å². The van der Waals surface area contributed by atoms with Crippen LogP contribution in [0.1, 0.15) is 32.8 Å². The average Bonchev–Trinajstić information content (AvgIpc) is 2.44. The van der Waals surface area contributed by atoms with E-state index in [1.807, 2.05) is 18.2 Å². The summed E-state index contributed by atoms with van der Waals surface area (Å²) in [6, 6.07) is 10.4. The maximum absolute atomic E-state index is 5.77. The van der Waals surface area contributed by atoms with Crippen LogP contribution in [0.25, 0.3) is 10.9 Å². The molecule has 0 fully saturated rings. The predicted molar refractivity (Wildman–Crippen MR) is 85.0 cm³/mol. The fourth-order valence-electron chi connectivity index (χ4n) is 2.07. The number of aromatic nitrogens is 1. The van der Waals surface area contributed by atoms with E-state index in [1.54, 1.807) is 0 Å². The van der Waals surface area contributed by atoms with Crippen molar-refractivity contribution < 1.29 is 4.74 Å². The first-order valence-electron chi connectivity index (χ1n) is 7.41. The summed E-state index contributed by atoms with van der Waals surface area (Å²) in [5.41, 5.74) is 2.16. The van der Waals surface area contributed by atoms with Crippen LogP contribution < -0.4 is 5.32 Å². The van der Waals surface area contributed by atoms with E-state index in [1.165, 1.54) is 0 Å². The minimum atomic E-state index is 0.551. The number of ether oxygens (including phenoxy) is 1. The van der Waals surface area contributed by atoms with Gasteiger partial charge in [0.15, 0.2) is 0 Å². The highest BCUT2D eigenvalue weighted by Crippen LogP contribution is 2.21. The van der Waals surface area contributed by atoms with E-state index in [9.17, 15) is 0 Å². The predicted octanol–water partition coefficient (Wildman–Crippen LogP) is 4.23. The Kier molecular flexibility index (Phi) is 5.36. The van der Waals surface area contributed by atoms with Crippen LogP contribution in [0.5, 0.6) is 0 Å². The Balaban J connectivity index is 2.23. The number of nitrogens with one attached hydrogen (secondary N) is 1. The second-order valence-electron chi connectivity index (χ2n) is 5.52. The molecule has 0 radical (unpaired) electrons. The van der Waals surface area contributed by atoms with E-state index in [2.05, 4.69) is 38.2 Å². The normalized spacial score (nSPS) is 11.2. The van der Waals surface area contributed by atoms with Crippen molar-refractivity contribution in [3.05, 3.63) is 35.9 Å². The van der Waals surface area contributed by atoms with Gasteiger partial charge in [-0.3, -0.25) is 0 Å². The molecular weight excluding hydrogens is 248 g/mol. The average molecular weight is 272 g/mol. The van der Waals surface area contributed by atoms with E-state index in [0.717, 1.165) is 41.9 Å². The molecule has 0 aliphatic rings. The lowest BCUT2D eigenvalue weighted by Gasteiger charge is -2.13. The molecule has 0 saturated carbocycles. The highest BCUT2D eigenvalue weighted by atomic mass is 16.5. The molecule has 1 heterocycles. The van der Waals surface area contributed by atoms with Gasteiger partial charge in [-0.25, -0.2) is 4.98 Å². The molecule has 3 heteroatoms. The zero-order valence-electron chi connectivity index (χ0n) is 12.6. The van der Waals surface area contributed by atoms with Gasteiger partial charge >= 0.3 is 0 Å². The summed E-state index contributed by atoms with van der Waals surface area (Å²) in [5.74, 6) is 1.50. The number of rotatable bonds is 7. The highest BCUT2D eigenvalue weighted by Gasteiger charge is 2.07. The fraction of sp³-hybridized carbons (Fsp3) is 0.471. The Morgan fingerprint density at radius 2 is 2.05 bits per heavy atom. The zero-order valence-corrected chi connectivity index (χ0v) is 12.6. The number of fused-ring (bicyclic) bond motifs is 1. The van der Waals surface area contributed by atoms with Crippen molar-refractivity contribution in [2.75, 3.05) is 18.5 Å². The number of para-hydroxylation sites is 1. The molecule has 108 valence electrons. The minimum Gasteiger partial charge on any atom is -0.376 e. The third-order valence-corrected chi connectivity index (χ3v) is 3.05. The first-order chi connectivity index (χ1) is 9.70. The lowest BCUT2D eigenvalue weighted by molar-refractivity contribution is 0.0973. The first-order valence-corrected chi connectivity index (χ1v) is 7.41. The van der Waals surface area contributed by atoms with Gasteiger partial charge in [0.2, 0.25) is 0 Å². The Hall–Kier alpha value is -1.61. The number of benzene rings is 1. The lowest BCUT2D eigenvalue weighted by Crippen LogP contribution is -2.08. The van der Waals surface area contributed by atoms with Crippen LogP contribution in [0.15, 0.2) is 30.3 Å². The van der Waals surface area contributed by atoms with Gasteiger partial charge in [-0.2, -0.15) is 0 Å². The van der Waals surface area contributed by atoms with Crippen molar-refractivity contribution >= 4 is 16.7 Å². The smallest absolute Gasteiger partial charge is 0.132 e. The summed E-state index contributed by atoms with van der Waals surface area (Å²) >= 11 is 0. The molecule has 0 bridgehead atoms. The molecule has 0 saturated heterocycles. The monoisotopic (exact) mass is 272 g/mol. The van der Waals surface area contributed by atoms with Gasteiger partial charge in [0.05, 0.1) is 12.1 Å². The van der Waals surface area contributed by atoms with E-state index in [4.69, 9.17) is 9.72 Å². The SMILES string of the molecule is CCCNc1nc2ccccc2cc1COCC(C)C. The Morgan fingerprint density at radius 3 is 2.80 bits per heavy atom. The van der Waals surface area contributed by atoms with Gasteiger partial charge in [-0.15, -0.1) is 0 Å². The Bertz CT molecular complexity index is 552. The number of nitrogens with zero attached hydrogens (tertiary/aromatic N) is 1. The largest absolute Gasteiger partial charge is 0.376 e. The summed E-state index contributed by atoms with van der Waals surface area (Å²) in [6.45, 7) is 8.80. The first kappa shape index (κ1) is 14.8. The van der Waals surface area contributed by atoms with Crippen LogP contribution in [0, 0.1) is 5.92 Å². The molecule has 2 rings (SSSR count). The van der Waals surface area contributed by atoms with Crippen LogP contribution in [0.3, 0.4) is 0 Å². The molecule has 20 heavy (non-hydrogen) atoms. The summed E-state index contributed by atoms with van der Waals surface area (Å²) in [7, 11) is 0. The Morgan fingerprint density at radius 1 is 1.25 bits per heavy atom. The second kappa shape index (κ2) is 7.25. The van der Waals surface area contributed by atoms with Gasteiger partial charge < -0.3 is 10.1 Å². The standard InChI is InChI=1S/C17H24N2O/c1-4-9-18-17-15(12-20-11-13(2)3)10-14-7-5-6-8-16(14)19-17/h5-8,10,13H,4,9,11-12H2,1-3H3,(H,18,19). The van der Waals surface area contributed by atoms with Gasteiger partial charge in [-0.05, 0) is 24.5 Å². The molecule has 0 spiro atoms. The molecule has 0 unspecified atom stereocenters. The summed E-state index contributed by atoms with van der Waals surface area (Å²) in [5, 5.41) is 4.57. The van der Waals surface area contributed by atoms with E-state index in [-0.39, 0.29) is 0 Å². The topological polar surface area (TPSA) is 34.2 Å². The summed E-state index contributed by atoms with van der Waals surface area (Å²) in [4.78, 5) is 4.72. The maximum Gasteiger partial charge on any atom is 0.132 e. The molecule has 3 nitrogen and oxygen atoms in total. The van der Waals surface area contributed by atoms with Crippen molar-refractivity contribution in [1.82, 2.24) is 4.98 Å². The van der Waals surface area contributed by atoms with Crippen LogP contribution in [-0.4, -0.2) is 18.1 Å². The number of pyridine rings is 1. The number of anilines is 1. The van der Waals surface area contributed by atoms with Crippen molar-refractivity contribution in [2.45, 2.75) is 33.8 Å². The van der Waals surface area contributed by atoms with Gasteiger partial charge in [0, 0.05) is 24.1 Å². The van der Waals surface area contributed by atoms with Crippen molar-refractivity contribution in [3.63, 3.8) is 0 Å². The van der Waals surface area contributed by atoms with Crippen LogP contribution >= 0.6 is 0 Å². The lowest BCUT2D eigenvalue weighted by atomic mass is 10.1. The number of hydrogen-bond acceptors (Lipinski definition) is 3. The molecule has 0 amide bonds. The molecule has 2 aromatic rings. The maximum atomic E-state index is 5.77. The molecule has 1 aromatic heterocycles. The molecule has 0 atom stereocenters. The highest BCUT2D eigenvalue weighted by molar-refractivity contribution is 5.81. The van der Waals surface area contributed by atoms with Crippen LogP contribution in [-0.2, 0) is 11.3 Å². The Labute approximate surface area is 121 Å². The summed E-state index contributed by atoms with van der Waals surface area (Å²) in [6.07, 6.45) is 1.08. The van der Waals surface area contributed by atoms with Gasteiger partial charge in [0.1, 0.15) is 5.82 Å². The van der Waals surface area contributed by atoms with E-state index < -0.39 is 0 Å². The summed E-state index contributed by atoms with van der Waals surface area (Å²) < 4.78 is 5.77. The molecule has 1 N–H and O–H groups in total. The number of hydrogen-bond donors (Lipinski definition) is 1. The quantitative estimate of drug-likeness (QED) is 0.819. The van der Waals surface area contributed by atoms with Crippen LogP contribution in [0.4, 0.5) is 5.82 Å². The molecular formula is C17H24N2O. The van der Waals surface area contributed by atoms with Crippen molar-refractivity contribution in [3.8, 4) is 0 Å². The minimum absolute atomic E-state index is 0.551. The van der Waals surface area contributed by atoms with Gasteiger partial charge in [-0.1, -0.05) is 39.0 Å². The second-order valence-corrected chi connectivity index (χ2v) is 5.52. The van der Waals surface area contributed by atoms with Crippen LogP contribution in [0.2, 0.25) is 0 Å².